The summed E-state index contributed by atoms with van der Waals surface area (Å²) in [5, 5.41) is 2.77. The van der Waals surface area contributed by atoms with Crippen molar-refractivity contribution >= 4 is 5.91 Å². The van der Waals surface area contributed by atoms with E-state index in [2.05, 4.69) is 10.3 Å². The molecule has 0 bridgehead atoms. The molecule has 0 unspecified atom stereocenters. The fourth-order valence-electron chi connectivity index (χ4n) is 1.42. The first-order valence-corrected chi connectivity index (χ1v) is 5.39. The van der Waals surface area contributed by atoms with E-state index in [0.717, 1.165) is 5.56 Å². The Morgan fingerprint density at radius 1 is 1.56 bits per heavy atom. The van der Waals surface area contributed by atoms with Crippen LogP contribution in [0.3, 0.4) is 0 Å². The Kier molecular flexibility index (Phi) is 4.92. The van der Waals surface area contributed by atoms with E-state index in [1.807, 2.05) is 26.0 Å². The fraction of sp³-hybridized carbons (Fsp3) is 0.500. The van der Waals surface area contributed by atoms with Gasteiger partial charge in [0.15, 0.2) is 0 Å². The number of methoxy groups -OCH3 is 1. The van der Waals surface area contributed by atoms with E-state index in [-0.39, 0.29) is 11.8 Å². The van der Waals surface area contributed by atoms with Gasteiger partial charge in [-0.2, -0.15) is 0 Å². The number of ether oxygens (including phenoxy) is 1. The van der Waals surface area contributed by atoms with Crippen molar-refractivity contribution in [3.05, 3.63) is 29.6 Å². The molecule has 0 saturated heterocycles. The van der Waals surface area contributed by atoms with Crippen LogP contribution < -0.4 is 5.32 Å². The Morgan fingerprint density at radius 2 is 2.31 bits per heavy atom. The van der Waals surface area contributed by atoms with Crippen LogP contribution in [0.2, 0.25) is 0 Å². The largest absolute Gasteiger partial charge is 0.383 e. The molecule has 1 amide bonds. The SMILES string of the molecule is COCCNC(=O)c1ncccc1C(C)C. The van der Waals surface area contributed by atoms with Crippen LogP contribution in [0.4, 0.5) is 0 Å². The molecule has 88 valence electrons. The van der Waals surface area contributed by atoms with Gasteiger partial charge in [0.05, 0.1) is 6.61 Å². The molecule has 1 aromatic heterocycles. The maximum absolute atomic E-state index is 11.8. The van der Waals surface area contributed by atoms with Crippen molar-refractivity contribution in [2.75, 3.05) is 20.3 Å². The third-order valence-corrected chi connectivity index (χ3v) is 2.27. The maximum atomic E-state index is 11.8. The zero-order valence-electron chi connectivity index (χ0n) is 9.99. The summed E-state index contributed by atoms with van der Waals surface area (Å²) in [7, 11) is 1.60. The lowest BCUT2D eigenvalue weighted by atomic mass is 10.0. The zero-order chi connectivity index (χ0) is 12.0. The Hall–Kier alpha value is -1.42. The second-order valence-electron chi connectivity index (χ2n) is 3.84. The lowest BCUT2D eigenvalue weighted by Crippen LogP contribution is -2.28. The smallest absolute Gasteiger partial charge is 0.270 e. The van der Waals surface area contributed by atoms with Crippen molar-refractivity contribution in [1.29, 1.82) is 0 Å². The predicted molar refractivity (Wildman–Crippen MR) is 62.5 cm³/mol. The van der Waals surface area contributed by atoms with Gasteiger partial charge >= 0.3 is 0 Å². The first-order chi connectivity index (χ1) is 7.66. The van der Waals surface area contributed by atoms with Gasteiger partial charge in [0.1, 0.15) is 5.69 Å². The van der Waals surface area contributed by atoms with E-state index in [1.54, 1.807) is 13.3 Å². The number of carbonyl (C=O) groups is 1. The van der Waals surface area contributed by atoms with Crippen LogP contribution in [-0.2, 0) is 4.74 Å². The maximum Gasteiger partial charge on any atom is 0.270 e. The molecule has 0 atom stereocenters. The van der Waals surface area contributed by atoms with Gasteiger partial charge in [-0.15, -0.1) is 0 Å². The number of rotatable bonds is 5. The molecule has 16 heavy (non-hydrogen) atoms. The van der Waals surface area contributed by atoms with E-state index >= 15 is 0 Å². The summed E-state index contributed by atoms with van der Waals surface area (Å²) in [6, 6.07) is 3.78. The summed E-state index contributed by atoms with van der Waals surface area (Å²) in [5.41, 5.74) is 1.48. The van der Waals surface area contributed by atoms with Gasteiger partial charge in [0.25, 0.3) is 5.91 Å². The molecule has 0 saturated carbocycles. The minimum Gasteiger partial charge on any atom is -0.383 e. The van der Waals surface area contributed by atoms with E-state index in [0.29, 0.717) is 18.8 Å². The molecule has 0 aliphatic carbocycles. The van der Waals surface area contributed by atoms with Gasteiger partial charge in [-0.05, 0) is 17.5 Å². The third kappa shape index (κ3) is 3.31. The molecular weight excluding hydrogens is 204 g/mol. The second kappa shape index (κ2) is 6.23. The van der Waals surface area contributed by atoms with Crippen LogP contribution in [0.1, 0.15) is 35.8 Å². The lowest BCUT2D eigenvalue weighted by molar-refractivity contribution is 0.0930. The average molecular weight is 222 g/mol. The third-order valence-electron chi connectivity index (χ3n) is 2.27. The van der Waals surface area contributed by atoms with Crippen LogP contribution in [-0.4, -0.2) is 31.2 Å². The van der Waals surface area contributed by atoms with Crippen molar-refractivity contribution in [3.63, 3.8) is 0 Å². The average Bonchev–Trinajstić information content (AvgIpc) is 2.29. The van der Waals surface area contributed by atoms with Gasteiger partial charge in [0.2, 0.25) is 0 Å². The standard InChI is InChI=1S/C12H18N2O2/c1-9(2)10-5-4-6-13-11(10)12(15)14-7-8-16-3/h4-6,9H,7-8H2,1-3H3,(H,14,15). The summed E-state index contributed by atoms with van der Waals surface area (Å²) >= 11 is 0. The molecule has 0 fully saturated rings. The number of nitrogens with zero attached hydrogens (tertiary/aromatic N) is 1. The molecule has 0 aromatic carbocycles. The molecule has 0 aliphatic rings. The highest BCUT2D eigenvalue weighted by molar-refractivity contribution is 5.93. The van der Waals surface area contributed by atoms with E-state index in [9.17, 15) is 4.79 Å². The lowest BCUT2D eigenvalue weighted by Gasteiger charge is -2.11. The Labute approximate surface area is 96.0 Å². The quantitative estimate of drug-likeness (QED) is 0.769. The number of pyridine rings is 1. The highest BCUT2D eigenvalue weighted by Crippen LogP contribution is 2.16. The number of hydrogen-bond donors (Lipinski definition) is 1. The molecular formula is C12H18N2O2. The van der Waals surface area contributed by atoms with E-state index in [4.69, 9.17) is 4.74 Å². The Balaban J connectivity index is 2.74. The Bertz CT molecular complexity index is 351. The molecule has 1 rings (SSSR count). The van der Waals surface area contributed by atoms with Gasteiger partial charge in [-0.1, -0.05) is 19.9 Å². The van der Waals surface area contributed by atoms with Crippen molar-refractivity contribution in [2.45, 2.75) is 19.8 Å². The topological polar surface area (TPSA) is 51.2 Å². The van der Waals surface area contributed by atoms with Crippen molar-refractivity contribution < 1.29 is 9.53 Å². The van der Waals surface area contributed by atoms with Gasteiger partial charge in [-0.25, -0.2) is 0 Å². The molecule has 0 aliphatic heterocycles. The van der Waals surface area contributed by atoms with Crippen molar-refractivity contribution in [3.8, 4) is 0 Å². The normalized spacial score (nSPS) is 10.5. The number of nitrogens with one attached hydrogen (secondary N) is 1. The fourth-order valence-corrected chi connectivity index (χ4v) is 1.42. The van der Waals surface area contributed by atoms with E-state index < -0.39 is 0 Å². The summed E-state index contributed by atoms with van der Waals surface area (Å²) < 4.78 is 4.87. The molecule has 4 heteroatoms. The molecule has 0 radical (unpaired) electrons. The molecule has 0 spiro atoms. The van der Waals surface area contributed by atoms with Crippen molar-refractivity contribution in [1.82, 2.24) is 10.3 Å². The predicted octanol–water partition coefficient (Wildman–Crippen LogP) is 1.58. The van der Waals surface area contributed by atoms with Gasteiger partial charge in [0, 0.05) is 19.9 Å². The zero-order valence-corrected chi connectivity index (χ0v) is 9.99. The molecule has 4 nitrogen and oxygen atoms in total. The Morgan fingerprint density at radius 3 is 2.94 bits per heavy atom. The molecule has 1 N–H and O–H groups in total. The minimum atomic E-state index is -0.138. The summed E-state index contributed by atoms with van der Waals surface area (Å²) in [5.74, 6) is 0.151. The minimum absolute atomic E-state index is 0.138. The number of hydrogen-bond acceptors (Lipinski definition) is 3. The highest BCUT2D eigenvalue weighted by atomic mass is 16.5. The summed E-state index contributed by atoms with van der Waals surface area (Å²) in [6.07, 6.45) is 1.64. The van der Waals surface area contributed by atoms with Crippen LogP contribution in [0.5, 0.6) is 0 Å². The first-order valence-electron chi connectivity index (χ1n) is 5.39. The van der Waals surface area contributed by atoms with Crippen LogP contribution in [0.15, 0.2) is 18.3 Å². The number of carbonyl (C=O) groups excluding carboxylic acids is 1. The highest BCUT2D eigenvalue weighted by Gasteiger charge is 2.13. The van der Waals surface area contributed by atoms with Crippen LogP contribution in [0, 0.1) is 0 Å². The monoisotopic (exact) mass is 222 g/mol. The summed E-state index contributed by atoms with van der Waals surface area (Å²) in [6.45, 7) is 5.10. The molecule has 1 aromatic rings. The molecule has 1 heterocycles. The van der Waals surface area contributed by atoms with Gasteiger partial charge in [-0.3, -0.25) is 9.78 Å². The second-order valence-corrected chi connectivity index (χ2v) is 3.84. The number of amides is 1. The van der Waals surface area contributed by atoms with Crippen LogP contribution >= 0.6 is 0 Å². The van der Waals surface area contributed by atoms with Crippen LogP contribution in [0.25, 0.3) is 0 Å². The first kappa shape index (κ1) is 12.6. The van der Waals surface area contributed by atoms with E-state index in [1.165, 1.54) is 0 Å². The van der Waals surface area contributed by atoms with Crippen molar-refractivity contribution in [2.24, 2.45) is 0 Å². The summed E-state index contributed by atoms with van der Waals surface area (Å²) in [4.78, 5) is 15.9. The number of aromatic nitrogens is 1. The van der Waals surface area contributed by atoms with Gasteiger partial charge < -0.3 is 10.1 Å².